The summed E-state index contributed by atoms with van der Waals surface area (Å²) in [5.74, 6) is 1.39. The number of imidazole rings is 1. The first kappa shape index (κ1) is 10.7. The molecule has 0 spiro atoms. The van der Waals surface area contributed by atoms with E-state index in [2.05, 4.69) is 23.4 Å². The number of rotatable bonds is 2. The van der Waals surface area contributed by atoms with Crippen molar-refractivity contribution in [3.8, 4) is 0 Å². The topological polar surface area (TPSA) is 17.8 Å². The van der Waals surface area contributed by atoms with E-state index in [1.807, 2.05) is 6.20 Å². The van der Waals surface area contributed by atoms with Crippen LogP contribution in [0.5, 0.6) is 0 Å². The monoisotopic (exact) mass is 210 g/mol. The third-order valence-electron chi connectivity index (χ3n) is 3.22. The van der Waals surface area contributed by atoms with E-state index in [1.165, 1.54) is 0 Å². The first-order chi connectivity index (χ1) is 7.20. The average molecular weight is 210 g/mol. The summed E-state index contributed by atoms with van der Waals surface area (Å²) in [7, 11) is 0. The van der Waals surface area contributed by atoms with Crippen molar-refractivity contribution in [1.29, 1.82) is 0 Å². The van der Waals surface area contributed by atoms with Crippen molar-refractivity contribution >= 4 is 0 Å². The fourth-order valence-corrected chi connectivity index (χ4v) is 2.43. The van der Waals surface area contributed by atoms with Crippen molar-refractivity contribution in [1.82, 2.24) is 9.55 Å². The molecule has 1 aliphatic carbocycles. The lowest BCUT2D eigenvalue weighted by molar-refractivity contribution is 0.166. The van der Waals surface area contributed by atoms with Gasteiger partial charge in [0.05, 0.1) is 6.04 Å². The Morgan fingerprint density at radius 2 is 2.13 bits per heavy atom. The molecule has 2 nitrogen and oxygen atoms in total. The second kappa shape index (κ2) is 4.33. The van der Waals surface area contributed by atoms with Crippen molar-refractivity contribution in [3.05, 3.63) is 18.2 Å². The molecule has 1 aliphatic rings. The Kier molecular flexibility index (Phi) is 3.08. The van der Waals surface area contributed by atoms with Crippen LogP contribution in [0.15, 0.2) is 12.4 Å². The Hall–Kier alpha value is -0.860. The van der Waals surface area contributed by atoms with Crippen LogP contribution in [-0.2, 0) is 0 Å². The lowest BCUT2D eigenvalue weighted by Gasteiger charge is -2.29. The normalized spacial score (nSPS) is 27.2. The second-order valence-corrected chi connectivity index (χ2v) is 4.72. The van der Waals surface area contributed by atoms with Crippen LogP contribution >= 0.6 is 0 Å². The van der Waals surface area contributed by atoms with E-state index in [0.29, 0.717) is 12.3 Å². The van der Waals surface area contributed by atoms with Gasteiger partial charge in [-0.25, -0.2) is 9.37 Å². The molecule has 2 atom stereocenters. The van der Waals surface area contributed by atoms with E-state index in [0.717, 1.165) is 25.1 Å². The molecule has 1 aromatic rings. The number of nitrogens with zero attached hydrogens (tertiary/aromatic N) is 2. The molecule has 0 aliphatic heterocycles. The number of aromatic nitrogens is 2. The molecule has 84 valence electrons. The standard InChI is InChI=1S/C12H19FN2/c1-9(2)12-14-7-8-15(12)11-6-4-3-5-10(11)13/h7-11H,3-6H2,1-2H3/t10-,11-/m1/s1. The highest BCUT2D eigenvalue weighted by atomic mass is 19.1. The Bertz CT molecular complexity index is 319. The summed E-state index contributed by atoms with van der Waals surface area (Å²) < 4.78 is 15.9. The molecular weight excluding hydrogens is 191 g/mol. The average Bonchev–Trinajstić information content (AvgIpc) is 2.67. The van der Waals surface area contributed by atoms with Gasteiger partial charge in [0.25, 0.3) is 0 Å². The molecular formula is C12H19FN2. The Morgan fingerprint density at radius 1 is 1.40 bits per heavy atom. The molecule has 0 radical (unpaired) electrons. The molecule has 1 aromatic heterocycles. The van der Waals surface area contributed by atoms with E-state index in [-0.39, 0.29) is 6.04 Å². The number of halogens is 1. The smallest absolute Gasteiger partial charge is 0.121 e. The van der Waals surface area contributed by atoms with Gasteiger partial charge in [0.1, 0.15) is 12.0 Å². The maximum atomic E-state index is 13.8. The van der Waals surface area contributed by atoms with Gasteiger partial charge in [-0.1, -0.05) is 26.7 Å². The van der Waals surface area contributed by atoms with Gasteiger partial charge < -0.3 is 4.57 Å². The first-order valence-corrected chi connectivity index (χ1v) is 5.87. The van der Waals surface area contributed by atoms with Crippen LogP contribution in [-0.4, -0.2) is 15.7 Å². The SMILES string of the molecule is CC(C)c1nccn1[C@@H]1CCCC[C@H]1F. The van der Waals surface area contributed by atoms with Crippen molar-refractivity contribution in [2.75, 3.05) is 0 Å². The molecule has 1 fully saturated rings. The van der Waals surface area contributed by atoms with E-state index in [9.17, 15) is 4.39 Å². The first-order valence-electron chi connectivity index (χ1n) is 5.87. The summed E-state index contributed by atoms with van der Waals surface area (Å²) in [6, 6.07) is 0.0265. The van der Waals surface area contributed by atoms with Crippen LogP contribution < -0.4 is 0 Å². The van der Waals surface area contributed by atoms with Gasteiger partial charge in [-0.2, -0.15) is 0 Å². The summed E-state index contributed by atoms with van der Waals surface area (Å²) in [4.78, 5) is 4.32. The fourth-order valence-electron chi connectivity index (χ4n) is 2.43. The van der Waals surface area contributed by atoms with E-state index in [4.69, 9.17) is 0 Å². The Morgan fingerprint density at radius 3 is 2.80 bits per heavy atom. The fraction of sp³-hybridized carbons (Fsp3) is 0.750. The van der Waals surface area contributed by atoms with Crippen LogP contribution in [0.2, 0.25) is 0 Å². The molecule has 1 saturated carbocycles. The lowest BCUT2D eigenvalue weighted by atomic mass is 9.93. The molecule has 0 unspecified atom stereocenters. The van der Waals surface area contributed by atoms with Gasteiger partial charge in [-0.05, 0) is 12.8 Å². The zero-order chi connectivity index (χ0) is 10.8. The van der Waals surface area contributed by atoms with Crippen LogP contribution in [0.3, 0.4) is 0 Å². The highest BCUT2D eigenvalue weighted by Crippen LogP contribution is 2.32. The minimum atomic E-state index is -0.689. The van der Waals surface area contributed by atoms with E-state index in [1.54, 1.807) is 6.20 Å². The molecule has 3 heteroatoms. The molecule has 0 N–H and O–H groups in total. The largest absolute Gasteiger partial charge is 0.329 e. The van der Waals surface area contributed by atoms with Gasteiger partial charge in [0, 0.05) is 18.3 Å². The molecule has 0 amide bonds. The quantitative estimate of drug-likeness (QED) is 0.731. The van der Waals surface area contributed by atoms with Crippen molar-refractivity contribution in [2.45, 2.75) is 57.7 Å². The number of hydrogen-bond acceptors (Lipinski definition) is 1. The maximum absolute atomic E-state index is 13.8. The maximum Gasteiger partial charge on any atom is 0.121 e. The molecule has 0 saturated heterocycles. The summed E-state index contributed by atoms with van der Waals surface area (Å²) in [5, 5.41) is 0. The van der Waals surface area contributed by atoms with Crippen LogP contribution in [0.4, 0.5) is 4.39 Å². The van der Waals surface area contributed by atoms with Crippen LogP contribution in [0.1, 0.15) is 57.3 Å². The highest BCUT2D eigenvalue weighted by molar-refractivity contribution is 5.01. The van der Waals surface area contributed by atoms with Gasteiger partial charge in [0.15, 0.2) is 0 Å². The van der Waals surface area contributed by atoms with Crippen molar-refractivity contribution in [2.24, 2.45) is 0 Å². The number of hydrogen-bond donors (Lipinski definition) is 0. The van der Waals surface area contributed by atoms with Gasteiger partial charge in [-0.3, -0.25) is 0 Å². The zero-order valence-corrected chi connectivity index (χ0v) is 9.49. The van der Waals surface area contributed by atoms with Gasteiger partial charge >= 0.3 is 0 Å². The summed E-state index contributed by atoms with van der Waals surface area (Å²) in [6.45, 7) is 4.21. The zero-order valence-electron chi connectivity index (χ0n) is 9.49. The second-order valence-electron chi connectivity index (χ2n) is 4.72. The Balaban J connectivity index is 2.23. The molecule has 0 aromatic carbocycles. The van der Waals surface area contributed by atoms with E-state index < -0.39 is 6.17 Å². The minimum Gasteiger partial charge on any atom is -0.329 e. The predicted octanol–water partition coefficient (Wildman–Crippen LogP) is 3.46. The summed E-state index contributed by atoms with van der Waals surface area (Å²) in [6.07, 6.45) is 6.86. The van der Waals surface area contributed by atoms with Crippen molar-refractivity contribution < 1.29 is 4.39 Å². The molecule has 0 bridgehead atoms. The Labute approximate surface area is 90.5 Å². The predicted molar refractivity (Wildman–Crippen MR) is 58.7 cm³/mol. The summed E-state index contributed by atoms with van der Waals surface area (Å²) in [5.41, 5.74) is 0. The van der Waals surface area contributed by atoms with Crippen molar-refractivity contribution in [3.63, 3.8) is 0 Å². The third-order valence-corrected chi connectivity index (χ3v) is 3.22. The summed E-state index contributed by atoms with van der Waals surface area (Å²) >= 11 is 0. The van der Waals surface area contributed by atoms with Gasteiger partial charge in [-0.15, -0.1) is 0 Å². The van der Waals surface area contributed by atoms with Gasteiger partial charge in [0.2, 0.25) is 0 Å². The molecule has 15 heavy (non-hydrogen) atoms. The highest BCUT2D eigenvalue weighted by Gasteiger charge is 2.27. The molecule has 1 heterocycles. The third kappa shape index (κ3) is 2.06. The number of alkyl halides is 1. The minimum absolute atomic E-state index is 0.0265. The van der Waals surface area contributed by atoms with Crippen LogP contribution in [0, 0.1) is 0 Å². The molecule has 2 rings (SSSR count). The lowest BCUT2D eigenvalue weighted by Crippen LogP contribution is -2.25. The van der Waals surface area contributed by atoms with Crippen LogP contribution in [0.25, 0.3) is 0 Å². The van der Waals surface area contributed by atoms with E-state index >= 15 is 0 Å².